The van der Waals surface area contributed by atoms with Crippen molar-refractivity contribution in [2.75, 3.05) is 27.3 Å². The molecular formula is C33H51NO10. The second kappa shape index (κ2) is 17.9. The van der Waals surface area contributed by atoms with Gasteiger partial charge in [-0.2, -0.15) is 0 Å². The smallest absolute Gasteiger partial charge is 0.308 e. The van der Waals surface area contributed by atoms with Gasteiger partial charge in [-0.1, -0.05) is 44.4 Å². The standard InChI is InChI=1S/C33H51NO10/c1-9-13-41-18-24-14-19(3)11-12-25(36)20(4)15-23(17-35)32(21(5)26(37)16-28(38)43-27(24)10-2)44-33-31(40)29(34(7)8)30(39)22(6)42-33/h1,11-12,14,17,20-24,26-27,29-33,37,39-40H,10,13,15-16,18H2,2-8H3/b12-11+,19-14+/t20-,21+,22-,23?,24-,26-,27-,29+,30-,31-,32-,33+/m1/s1. The van der Waals surface area contributed by atoms with Gasteiger partial charge in [0.1, 0.15) is 25.1 Å². The number of likely N-dealkylation sites (N-methyl/N-ethyl adjacent to an activating group) is 1. The zero-order valence-corrected chi connectivity index (χ0v) is 27.0. The molecule has 0 spiro atoms. The first-order valence-corrected chi connectivity index (χ1v) is 15.3. The van der Waals surface area contributed by atoms with E-state index in [9.17, 15) is 29.7 Å². The van der Waals surface area contributed by atoms with E-state index in [1.807, 2.05) is 19.9 Å². The summed E-state index contributed by atoms with van der Waals surface area (Å²) >= 11 is 0. The van der Waals surface area contributed by atoms with Crippen LogP contribution in [0.3, 0.4) is 0 Å². The summed E-state index contributed by atoms with van der Waals surface area (Å²) in [6, 6.07) is -0.731. The van der Waals surface area contributed by atoms with E-state index in [0.717, 1.165) is 5.57 Å². The number of carbonyl (C=O) groups is 3. The summed E-state index contributed by atoms with van der Waals surface area (Å²) in [5.41, 5.74) is 0.749. The Morgan fingerprint density at radius 2 is 1.82 bits per heavy atom. The number of carbonyl (C=O) groups excluding carboxylic acids is 3. The summed E-state index contributed by atoms with van der Waals surface area (Å²) in [6.45, 7) is 8.93. The summed E-state index contributed by atoms with van der Waals surface area (Å²) < 4.78 is 23.4. The van der Waals surface area contributed by atoms with Crippen molar-refractivity contribution >= 4 is 18.0 Å². The Hall–Kier alpha value is -2.43. The van der Waals surface area contributed by atoms with Gasteiger partial charge in [-0.25, -0.2) is 0 Å². The summed E-state index contributed by atoms with van der Waals surface area (Å²) in [4.78, 5) is 40.4. The number of aliphatic hydroxyl groups is 3. The van der Waals surface area contributed by atoms with Crippen molar-refractivity contribution in [3.8, 4) is 12.3 Å². The largest absolute Gasteiger partial charge is 0.462 e. The maximum absolute atomic E-state index is 13.1. The van der Waals surface area contributed by atoms with Crippen LogP contribution in [0.25, 0.3) is 0 Å². The molecule has 0 aliphatic carbocycles. The maximum Gasteiger partial charge on any atom is 0.308 e. The Kier molecular flexibility index (Phi) is 15.4. The predicted octanol–water partition coefficient (Wildman–Crippen LogP) is 1.67. The van der Waals surface area contributed by atoms with Crippen molar-refractivity contribution in [2.45, 2.75) is 103 Å². The van der Waals surface area contributed by atoms with Crippen LogP contribution >= 0.6 is 0 Å². The van der Waals surface area contributed by atoms with Gasteiger partial charge in [-0.15, -0.1) is 6.42 Å². The lowest BCUT2D eigenvalue weighted by molar-refractivity contribution is -0.302. The van der Waals surface area contributed by atoms with Crippen LogP contribution in [0.15, 0.2) is 23.8 Å². The molecule has 0 saturated carbocycles. The van der Waals surface area contributed by atoms with Gasteiger partial charge < -0.3 is 44.0 Å². The number of aliphatic hydroxyl groups excluding tert-OH is 3. The van der Waals surface area contributed by atoms with E-state index in [1.54, 1.807) is 45.8 Å². The number of ether oxygens (including phenoxy) is 4. The first-order valence-electron chi connectivity index (χ1n) is 15.3. The quantitative estimate of drug-likeness (QED) is 0.157. The number of nitrogens with zero attached hydrogens (tertiary/aromatic N) is 1. The minimum Gasteiger partial charge on any atom is -0.462 e. The number of allylic oxidation sites excluding steroid dienone is 3. The molecule has 11 heteroatoms. The fourth-order valence-electron chi connectivity index (χ4n) is 5.85. The monoisotopic (exact) mass is 621 g/mol. The minimum absolute atomic E-state index is 0.0835. The van der Waals surface area contributed by atoms with Crippen molar-refractivity contribution in [2.24, 2.45) is 23.7 Å². The molecule has 0 radical (unpaired) electrons. The van der Waals surface area contributed by atoms with Crippen LogP contribution in [-0.2, 0) is 33.3 Å². The van der Waals surface area contributed by atoms with Crippen molar-refractivity contribution in [3.05, 3.63) is 23.8 Å². The maximum atomic E-state index is 13.1. The molecule has 0 amide bonds. The van der Waals surface area contributed by atoms with Gasteiger partial charge in [0.2, 0.25) is 0 Å². The van der Waals surface area contributed by atoms with Crippen molar-refractivity contribution in [3.63, 3.8) is 0 Å². The number of ketones is 1. The van der Waals surface area contributed by atoms with E-state index >= 15 is 0 Å². The molecule has 12 atom stereocenters. The topological polar surface area (TPSA) is 152 Å². The average Bonchev–Trinajstić information content (AvgIpc) is 2.97. The summed E-state index contributed by atoms with van der Waals surface area (Å²) in [7, 11) is 3.41. The van der Waals surface area contributed by atoms with Crippen LogP contribution in [-0.4, -0.2) is 115 Å². The molecule has 2 aliphatic heterocycles. The van der Waals surface area contributed by atoms with Crippen LogP contribution in [0.2, 0.25) is 0 Å². The number of hydrogen-bond donors (Lipinski definition) is 3. The van der Waals surface area contributed by atoms with Gasteiger partial charge >= 0.3 is 5.97 Å². The van der Waals surface area contributed by atoms with E-state index in [1.165, 1.54) is 6.08 Å². The molecule has 2 aliphatic rings. The predicted molar refractivity (Wildman–Crippen MR) is 163 cm³/mol. The van der Waals surface area contributed by atoms with Crippen LogP contribution < -0.4 is 0 Å². The van der Waals surface area contributed by atoms with Gasteiger partial charge in [0, 0.05) is 23.7 Å². The Labute approximate surface area is 261 Å². The van der Waals surface area contributed by atoms with Crippen LogP contribution in [0.4, 0.5) is 0 Å². The van der Waals surface area contributed by atoms with Crippen LogP contribution in [0.5, 0.6) is 0 Å². The van der Waals surface area contributed by atoms with Crippen molar-refractivity contribution in [1.29, 1.82) is 0 Å². The Morgan fingerprint density at radius 3 is 2.41 bits per heavy atom. The number of rotatable bonds is 8. The van der Waals surface area contributed by atoms with E-state index in [0.29, 0.717) is 12.7 Å². The molecule has 0 aromatic carbocycles. The fourth-order valence-corrected chi connectivity index (χ4v) is 5.85. The minimum atomic E-state index is -1.30. The molecule has 248 valence electrons. The van der Waals surface area contributed by atoms with E-state index in [4.69, 9.17) is 25.4 Å². The number of esters is 1. The molecule has 2 heterocycles. The first-order chi connectivity index (χ1) is 20.7. The molecular weight excluding hydrogens is 570 g/mol. The molecule has 0 aromatic heterocycles. The average molecular weight is 622 g/mol. The van der Waals surface area contributed by atoms with Crippen molar-refractivity contribution in [1.82, 2.24) is 4.90 Å². The van der Waals surface area contributed by atoms with E-state index in [-0.39, 0.29) is 37.8 Å². The first kappa shape index (κ1) is 37.8. The third-order valence-corrected chi connectivity index (χ3v) is 8.55. The number of aldehydes is 1. The number of cyclic esters (lactones) is 1. The Morgan fingerprint density at radius 1 is 1.14 bits per heavy atom. The Bertz CT molecular complexity index is 1050. The molecule has 2 rings (SSSR count). The molecule has 1 fully saturated rings. The lowest BCUT2D eigenvalue weighted by Gasteiger charge is -2.46. The van der Waals surface area contributed by atoms with E-state index in [2.05, 4.69) is 5.92 Å². The van der Waals surface area contributed by atoms with Gasteiger partial charge in [-0.05, 0) is 46.9 Å². The zero-order chi connectivity index (χ0) is 33.1. The fraction of sp³-hybridized carbons (Fsp3) is 0.727. The lowest BCUT2D eigenvalue weighted by Crippen LogP contribution is -2.63. The van der Waals surface area contributed by atoms with Gasteiger partial charge in [0.15, 0.2) is 12.1 Å². The SMILES string of the molecule is C#CCOC[C@H]1/C=C(C)/C=C/C(=O)[C@H](C)CC(C=O)[C@H](O[C@@H]2O[C@H](C)[C@@H](O)[C@H](N(C)C)[C@H]2O)[C@@H](C)[C@H](O)CC(=O)O[C@@H]1CC. The highest BCUT2D eigenvalue weighted by Crippen LogP contribution is 2.32. The second-order valence-electron chi connectivity index (χ2n) is 12.3. The summed E-state index contributed by atoms with van der Waals surface area (Å²) in [5, 5.41) is 33.0. The summed E-state index contributed by atoms with van der Waals surface area (Å²) in [6.07, 6.45) is 3.91. The molecule has 0 aromatic rings. The molecule has 1 saturated heterocycles. The zero-order valence-electron chi connectivity index (χ0n) is 27.0. The van der Waals surface area contributed by atoms with Crippen molar-refractivity contribution < 1.29 is 48.7 Å². The second-order valence-corrected chi connectivity index (χ2v) is 12.3. The Balaban J connectivity index is 2.48. The van der Waals surface area contributed by atoms with E-state index < -0.39 is 72.7 Å². The lowest BCUT2D eigenvalue weighted by atomic mass is 9.81. The molecule has 1 unspecified atom stereocenters. The number of terminal acetylenes is 1. The van der Waals surface area contributed by atoms with Gasteiger partial charge in [-0.3, -0.25) is 9.59 Å². The number of hydrogen-bond acceptors (Lipinski definition) is 11. The molecule has 11 nitrogen and oxygen atoms in total. The normalized spacial score (nSPS) is 40.0. The highest BCUT2D eigenvalue weighted by molar-refractivity contribution is 5.92. The highest BCUT2D eigenvalue weighted by Gasteiger charge is 2.47. The highest BCUT2D eigenvalue weighted by atomic mass is 16.7. The summed E-state index contributed by atoms with van der Waals surface area (Å²) in [5.74, 6) is -1.11. The van der Waals surface area contributed by atoms with Gasteiger partial charge in [0.25, 0.3) is 0 Å². The third kappa shape index (κ3) is 10.3. The van der Waals surface area contributed by atoms with Crippen LogP contribution in [0, 0.1) is 36.0 Å². The molecule has 44 heavy (non-hydrogen) atoms. The third-order valence-electron chi connectivity index (χ3n) is 8.55. The molecule has 0 bridgehead atoms. The van der Waals surface area contributed by atoms with Crippen LogP contribution in [0.1, 0.15) is 53.9 Å². The van der Waals surface area contributed by atoms with Gasteiger partial charge in [0.05, 0.1) is 43.5 Å². The molecule has 3 N–H and O–H groups in total.